The van der Waals surface area contributed by atoms with E-state index in [-0.39, 0.29) is 12.3 Å². The Morgan fingerprint density at radius 1 is 1.22 bits per heavy atom. The van der Waals surface area contributed by atoms with Crippen molar-refractivity contribution in [3.8, 4) is 5.75 Å². The Labute approximate surface area is 144 Å². The van der Waals surface area contributed by atoms with Gasteiger partial charge in [-0.1, -0.05) is 15.9 Å². The van der Waals surface area contributed by atoms with Crippen LogP contribution in [0.4, 0.5) is 0 Å². The van der Waals surface area contributed by atoms with Crippen LogP contribution in [0.15, 0.2) is 28.7 Å². The summed E-state index contributed by atoms with van der Waals surface area (Å²) in [5.74, 6) is -0.102. The van der Waals surface area contributed by atoms with Gasteiger partial charge in [0.15, 0.2) is 0 Å². The zero-order valence-electron chi connectivity index (χ0n) is 13.0. The van der Waals surface area contributed by atoms with Gasteiger partial charge in [0.1, 0.15) is 5.75 Å². The fourth-order valence-corrected chi connectivity index (χ4v) is 2.97. The second kappa shape index (κ2) is 8.34. The van der Waals surface area contributed by atoms with Gasteiger partial charge < -0.3 is 15.2 Å². The van der Waals surface area contributed by atoms with Gasteiger partial charge in [0.05, 0.1) is 18.6 Å². The zero-order valence-corrected chi connectivity index (χ0v) is 14.6. The highest BCUT2D eigenvalue weighted by Crippen LogP contribution is 2.35. The molecule has 2 N–H and O–H groups in total. The number of benzene rings is 1. The molecule has 5 nitrogen and oxygen atoms in total. The summed E-state index contributed by atoms with van der Waals surface area (Å²) < 4.78 is 6.61. The van der Waals surface area contributed by atoms with E-state index in [1.54, 1.807) is 0 Å². The largest absolute Gasteiger partial charge is 0.494 e. The predicted octanol–water partition coefficient (Wildman–Crippen LogP) is 3.51. The van der Waals surface area contributed by atoms with Gasteiger partial charge in [-0.25, -0.2) is 0 Å². The van der Waals surface area contributed by atoms with Gasteiger partial charge in [-0.2, -0.15) is 0 Å². The summed E-state index contributed by atoms with van der Waals surface area (Å²) in [6.45, 7) is 0.565. The van der Waals surface area contributed by atoms with E-state index in [1.807, 2.05) is 24.3 Å². The Kier molecular flexibility index (Phi) is 6.45. The Morgan fingerprint density at radius 3 is 2.48 bits per heavy atom. The van der Waals surface area contributed by atoms with E-state index in [0.29, 0.717) is 13.0 Å². The Bertz CT molecular complexity index is 540. The van der Waals surface area contributed by atoms with Gasteiger partial charge in [0, 0.05) is 10.9 Å². The molecule has 1 aliphatic carbocycles. The van der Waals surface area contributed by atoms with Crippen LogP contribution in [0.25, 0.3) is 0 Å². The average molecular weight is 384 g/mol. The number of carbonyl (C=O) groups is 2. The molecule has 23 heavy (non-hydrogen) atoms. The molecule has 126 valence electrons. The normalized spacial score (nSPS) is 15.5. The highest BCUT2D eigenvalue weighted by atomic mass is 79.9. The zero-order chi connectivity index (χ0) is 16.7. The maximum atomic E-state index is 12.0. The predicted molar refractivity (Wildman–Crippen MR) is 90.5 cm³/mol. The van der Waals surface area contributed by atoms with Crippen molar-refractivity contribution in [2.24, 2.45) is 0 Å². The molecule has 0 aliphatic heterocycles. The monoisotopic (exact) mass is 383 g/mol. The summed E-state index contributed by atoms with van der Waals surface area (Å²) in [6.07, 6.45) is 4.45. The van der Waals surface area contributed by atoms with E-state index in [0.717, 1.165) is 42.3 Å². The Hall–Kier alpha value is -1.56. The number of halogens is 1. The summed E-state index contributed by atoms with van der Waals surface area (Å²) in [4.78, 5) is 22.8. The van der Waals surface area contributed by atoms with E-state index < -0.39 is 11.5 Å². The van der Waals surface area contributed by atoms with Crippen molar-refractivity contribution in [1.82, 2.24) is 5.32 Å². The lowest BCUT2D eigenvalue weighted by molar-refractivity contribution is -0.140. The number of nitrogens with one attached hydrogen (secondary N) is 1. The molecule has 0 bridgehead atoms. The van der Waals surface area contributed by atoms with Crippen LogP contribution >= 0.6 is 15.9 Å². The van der Waals surface area contributed by atoms with Crippen molar-refractivity contribution < 1.29 is 19.4 Å². The third-order valence-corrected chi connectivity index (χ3v) is 4.61. The number of carbonyl (C=O) groups excluding carboxylic acids is 1. The van der Waals surface area contributed by atoms with Crippen molar-refractivity contribution in [2.75, 3.05) is 6.61 Å². The summed E-state index contributed by atoms with van der Waals surface area (Å²) in [7, 11) is 0. The number of hydrogen-bond donors (Lipinski definition) is 2. The van der Waals surface area contributed by atoms with Gasteiger partial charge in [0.25, 0.3) is 0 Å². The highest BCUT2D eigenvalue weighted by molar-refractivity contribution is 9.10. The molecule has 6 heteroatoms. The topological polar surface area (TPSA) is 75.6 Å². The van der Waals surface area contributed by atoms with Crippen LogP contribution in [0.2, 0.25) is 0 Å². The first kappa shape index (κ1) is 17.8. The maximum Gasteiger partial charge on any atom is 0.305 e. The minimum atomic E-state index is -0.854. The molecule has 1 saturated carbocycles. The SMILES string of the molecule is O=C(O)CC1(NC(=O)CCCCOc2ccc(Br)cc2)CCC1. The van der Waals surface area contributed by atoms with Crippen LogP contribution in [0.5, 0.6) is 5.75 Å². The minimum Gasteiger partial charge on any atom is -0.494 e. The second-order valence-electron chi connectivity index (χ2n) is 6.01. The Morgan fingerprint density at radius 2 is 1.91 bits per heavy atom. The van der Waals surface area contributed by atoms with E-state index >= 15 is 0 Å². The number of amides is 1. The molecule has 0 spiro atoms. The molecule has 1 aromatic rings. The van der Waals surface area contributed by atoms with E-state index in [1.165, 1.54) is 0 Å². The number of aliphatic carboxylic acids is 1. The molecule has 0 radical (unpaired) electrons. The minimum absolute atomic E-state index is 0.0193. The molecular weight excluding hydrogens is 362 g/mol. The molecule has 0 heterocycles. The second-order valence-corrected chi connectivity index (χ2v) is 6.93. The summed E-state index contributed by atoms with van der Waals surface area (Å²) >= 11 is 3.37. The van der Waals surface area contributed by atoms with Crippen LogP contribution in [0.3, 0.4) is 0 Å². The number of rotatable bonds is 9. The highest BCUT2D eigenvalue weighted by Gasteiger charge is 2.40. The number of carboxylic acids is 1. The standard InChI is InChI=1S/C17H22BrNO4/c18-13-5-7-14(8-6-13)23-11-2-1-4-15(20)19-17(9-3-10-17)12-16(21)22/h5-8H,1-4,9-12H2,(H,19,20)(H,21,22). The van der Waals surface area contributed by atoms with Gasteiger partial charge in [-0.15, -0.1) is 0 Å². The van der Waals surface area contributed by atoms with Gasteiger partial charge in [0.2, 0.25) is 5.91 Å². The molecule has 1 amide bonds. The smallest absolute Gasteiger partial charge is 0.305 e. The fraction of sp³-hybridized carbons (Fsp3) is 0.529. The molecule has 1 aliphatic rings. The molecule has 0 saturated heterocycles. The van der Waals surface area contributed by atoms with Crippen molar-refractivity contribution in [1.29, 1.82) is 0 Å². The van der Waals surface area contributed by atoms with Crippen molar-refractivity contribution in [3.05, 3.63) is 28.7 Å². The van der Waals surface area contributed by atoms with Gasteiger partial charge in [-0.3, -0.25) is 9.59 Å². The third kappa shape index (κ3) is 5.86. The number of carboxylic acid groups (broad SMARTS) is 1. The van der Waals surface area contributed by atoms with E-state index in [2.05, 4.69) is 21.2 Å². The lowest BCUT2D eigenvalue weighted by atomic mass is 9.74. The van der Waals surface area contributed by atoms with E-state index in [4.69, 9.17) is 9.84 Å². The van der Waals surface area contributed by atoms with Gasteiger partial charge in [-0.05, 0) is 56.4 Å². The number of unbranched alkanes of at least 4 members (excludes halogenated alkanes) is 1. The molecule has 1 aromatic carbocycles. The molecule has 2 rings (SSSR count). The van der Waals surface area contributed by atoms with Crippen LogP contribution in [0.1, 0.15) is 44.9 Å². The molecular formula is C17H22BrNO4. The van der Waals surface area contributed by atoms with Gasteiger partial charge >= 0.3 is 5.97 Å². The molecule has 0 atom stereocenters. The van der Waals surface area contributed by atoms with Crippen LogP contribution in [-0.2, 0) is 9.59 Å². The first-order valence-electron chi connectivity index (χ1n) is 7.90. The first-order valence-corrected chi connectivity index (χ1v) is 8.70. The number of ether oxygens (including phenoxy) is 1. The lowest BCUT2D eigenvalue weighted by Crippen LogP contribution is -2.54. The molecule has 1 fully saturated rings. The summed E-state index contributed by atoms with van der Waals surface area (Å²) in [5, 5.41) is 11.8. The third-order valence-electron chi connectivity index (χ3n) is 4.09. The van der Waals surface area contributed by atoms with Crippen molar-refractivity contribution in [2.45, 2.75) is 50.5 Å². The maximum absolute atomic E-state index is 12.0. The van der Waals surface area contributed by atoms with Crippen LogP contribution in [-0.4, -0.2) is 29.1 Å². The summed E-state index contributed by atoms with van der Waals surface area (Å²) in [5.41, 5.74) is -0.503. The first-order chi connectivity index (χ1) is 11.0. The van der Waals surface area contributed by atoms with E-state index in [9.17, 15) is 9.59 Å². The molecule has 0 unspecified atom stereocenters. The van der Waals surface area contributed by atoms with Crippen molar-refractivity contribution >= 4 is 27.8 Å². The fourth-order valence-electron chi connectivity index (χ4n) is 2.71. The van der Waals surface area contributed by atoms with Crippen molar-refractivity contribution in [3.63, 3.8) is 0 Å². The quantitative estimate of drug-likeness (QED) is 0.639. The number of hydrogen-bond acceptors (Lipinski definition) is 3. The van der Waals surface area contributed by atoms with Crippen LogP contribution < -0.4 is 10.1 Å². The lowest BCUT2D eigenvalue weighted by Gasteiger charge is -2.41. The average Bonchev–Trinajstić information content (AvgIpc) is 2.46. The molecule has 0 aromatic heterocycles. The van der Waals surface area contributed by atoms with Crippen LogP contribution in [0, 0.1) is 0 Å². The Balaban J connectivity index is 1.61. The summed E-state index contributed by atoms with van der Waals surface area (Å²) in [6, 6.07) is 7.62.